The third-order valence-electron chi connectivity index (χ3n) is 5.82. The minimum atomic E-state index is -0.0670. The number of nitrogens with one attached hydrogen (secondary N) is 1. The van der Waals surface area contributed by atoms with Crippen LogP contribution in [-0.2, 0) is 4.79 Å². The average Bonchev–Trinajstić information content (AvgIpc) is 3.23. The van der Waals surface area contributed by atoms with Gasteiger partial charge in [-0.15, -0.1) is 0 Å². The SMILES string of the molecule is CCOc1ccc(/C=C2\C=C(c3ccccc3)N(c3ccc(Nc4ccccc4)cc3)C2=O)cc1Br. The number of anilines is 3. The zero-order chi connectivity index (χ0) is 24.9. The standard InChI is InChI=1S/C31H25BrN2O2/c1-2-36-30-18-13-22(20-28(30)32)19-24-21-29(23-9-5-3-6-10-23)34(31(24)35)27-16-14-26(15-17-27)33-25-11-7-4-8-12-25/h3-21,33H,2H2,1H3/b24-19+. The Kier molecular flexibility index (Phi) is 7.01. The number of nitrogens with zero attached hydrogens (tertiary/aromatic N) is 1. The molecule has 0 saturated heterocycles. The first-order valence-electron chi connectivity index (χ1n) is 11.8. The lowest BCUT2D eigenvalue weighted by Gasteiger charge is -2.21. The molecule has 1 N–H and O–H groups in total. The predicted octanol–water partition coefficient (Wildman–Crippen LogP) is 8.06. The van der Waals surface area contributed by atoms with Crippen LogP contribution in [0, 0.1) is 0 Å². The van der Waals surface area contributed by atoms with E-state index in [2.05, 4.69) is 21.2 Å². The molecular weight excluding hydrogens is 512 g/mol. The van der Waals surface area contributed by atoms with E-state index in [4.69, 9.17) is 4.74 Å². The number of benzene rings is 4. The molecule has 0 aromatic heterocycles. The molecule has 0 atom stereocenters. The Morgan fingerprint density at radius 1 is 0.861 bits per heavy atom. The second kappa shape index (κ2) is 10.7. The molecule has 0 spiro atoms. The molecule has 0 saturated carbocycles. The Bertz CT molecular complexity index is 1430. The number of carbonyl (C=O) groups excluding carboxylic acids is 1. The highest BCUT2D eigenvalue weighted by molar-refractivity contribution is 9.10. The molecule has 5 heteroatoms. The molecule has 4 aromatic carbocycles. The molecule has 0 fully saturated rings. The van der Waals surface area contributed by atoms with Crippen LogP contribution in [0.4, 0.5) is 17.1 Å². The van der Waals surface area contributed by atoms with Crippen LogP contribution in [-0.4, -0.2) is 12.5 Å². The van der Waals surface area contributed by atoms with Crippen LogP contribution in [0.25, 0.3) is 11.8 Å². The largest absolute Gasteiger partial charge is 0.493 e. The van der Waals surface area contributed by atoms with Crippen molar-refractivity contribution < 1.29 is 9.53 Å². The number of hydrogen-bond acceptors (Lipinski definition) is 3. The lowest BCUT2D eigenvalue weighted by Crippen LogP contribution is -2.24. The summed E-state index contributed by atoms with van der Waals surface area (Å²) in [5, 5.41) is 3.39. The van der Waals surface area contributed by atoms with Crippen LogP contribution < -0.4 is 15.0 Å². The zero-order valence-corrected chi connectivity index (χ0v) is 21.4. The third-order valence-corrected chi connectivity index (χ3v) is 6.44. The van der Waals surface area contributed by atoms with Gasteiger partial charge in [0.15, 0.2) is 0 Å². The molecule has 1 amide bonds. The third kappa shape index (κ3) is 5.11. The van der Waals surface area contributed by atoms with Gasteiger partial charge >= 0.3 is 0 Å². The highest BCUT2D eigenvalue weighted by Crippen LogP contribution is 2.36. The van der Waals surface area contributed by atoms with E-state index in [1.165, 1.54) is 0 Å². The quantitative estimate of drug-likeness (QED) is 0.243. The number of halogens is 1. The summed E-state index contributed by atoms with van der Waals surface area (Å²) in [6.45, 7) is 2.55. The molecule has 4 nitrogen and oxygen atoms in total. The van der Waals surface area contributed by atoms with E-state index >= 15 is 0 Å². The summed E-state index contributed by atoms with van der Waals surface area (Å²) in [5.41, 5.74) is 6.15. The van der Waals surface area contributed by atoms with Crippen molar-refractivity contribution >= 4 is 50.7 Å². The summed E-state index contributed by atoms with van der Waals surface area (Å²) in [5.74, 6) is 0.714. The number of amides is 1. The van der Waals surface area contributed by atoms with E-state index in [1.807, 2.05) is 122 Å². The van der Waals surface area contributed by atoms with Gasteiger partial charge in [0.25, 0.3) is 5.91 Å². The highest BCUT2D eigenvalue weighted by Gasteiger charge is 2.30. The lowest BCUT2D eigenvalue weighted by molar-refractivity contribution is -0.113. The van der Waals surface area contributed by atoms with Crippen molar-refractivity contribution in [1.82, 2.24) is 0 Å². The Labute approximate surface area is 219 Å². The predicted molar refractivity (Wildman–Crippen MR) is 151 cm³/mol. The Hall–Kier alpha value is -4.09. The highest BCUT2D eigenvalue weighted by atomic mass is 79.9. The molecular formula is C31H25BrN2O2. The van der Waals surface area contributed by atoms with Gasteiger partial charge in [-0.3, -0.25) is 9.69 Å². The lowest BCUT2D eigenvalue weighted by atomic mass is 10.1. The van der Waals surface area contributed by atoms with Crippen LogP contribution in [0.15, 0.2) is 119 Å². The summed E-state index contributed by atoms with van der Waals surface area (Å²) in [7, 11) is 0. The van der Waals surface area contributed by atoms with Crippen molar-refractivity contribution in [3.8, 4) is 5.75 Å². The number of carbonyl (C=O) groups is 1. The van der Waals surface area contributed by atoms with Gasteiger partial charge in [-0.05, 0) is 94.7 Å². The second-order valence-electron chi connectivity index (χ2n) is 8.30. The first-order chi connectivity index (χ1) is 17.6. The smallest absolute Gasteiger partial charge is 0.262 e. The van der Waals surface area contributed by atoms with Crippen molar-refractivity contribution in [1.29, 1.82) is 0 Å². The van der Waals surface area contributed by atoms with Gasteiger partial charge < -0.3 is 10.1 Å². The number of para-hydroxylation sites is 1. The summed E-state index contributed by atoms with van der Waals surface area (Å²) in [6, 6.07) is 33.8. The van der Waals surface area contributed by atoms with Crippen molar-refractivity contribution in [3.05, 3.63) is 130 Å². The van der Waals surface area contributed by atoms with E-state index in [-0.39, 0.29) is 5.91 Å². The Morgan fingerprint density at radius 2 is 1.53 bits per heavy atom. The minimum Gasteiger partial charge on any atom is -0.493 e. The van der Waals surface area contributed by atoms with Crippen LogP contribution in [0.1, 0.15) is 18.1 Å². The second-order valence-corrected chi connectivity index (χ2v) is 9.15. The van der Waals surface area contributed by atoms with Crippen molar-refractivity contribution in [2.24, 2.45) is 0 Å². The molecule has 5 rings (SSSR count). The van der Waals surface area contributed by atoms with Gasteiger partial charge in [0.05, 0.1) is 16.8 Å². The first-order valence-corrected chi connectivity index (χ1v) is 12.6. The van der Waals surface area contributed by atoms with Crippen LogP contribution in [0.3, 0.4) is 0 Å². The molecule has 1 aliphatic heterocycles. The summed E-state index contributed by atoms with van der Waals surface area (Å²) < 4.78 is 6.48. The van der Waals surface area contributed by atoms with Gasteiger partial charge in [-0.2, -0.15) is 0 Å². The summed E-state index contributed by atoms with van der Waals surface area (Å²) in [6.07, 6.45) is 3.87. The normalized spacial score (nSPS) is 14.2. The molecule has 0 unspecified atom stereocenters. The topological polar surface area (TPSA) is 41.6 Å². The Balaban J connectivity index is 1.48. The van der Waals surface area contributed by atoms with Gasteiger partial charge in [-0.1, -0.05) is 54.6 Å². The van der Waals surface area contributed by atoms with Crippen LogP contribution in [0.2, 0.25) is 0 Å². The van der Waals surface area contributed by atoms with Crippen molar-refractivity contribution in [3.63, 3.8) is 0 Å². The molecule has 36 heavy (non-hydrogen) atoms. The minimum absolute atomic E-state index is 0.0670. The molecule has 1 aliphatic rings. The summed E-state index contributed by atoms with van der Waals surface area (Å²) >= 11 is 3.57. The van der Waals surface area contributed by atoms with Gasteiger partial charge in [0.2, 0.25) is 0 Å². The molecule has 4 aromatic rings. The molecule has 1 heterocycles. The number of rotatable bonds is 7. The van der Waals surface area contributed by atoms with E-state index < -0.39 is 0 Å². The van der Waals surface area contributed by atoms with Crippen LogP contribution in [0.5, 0.6) is 5.75 Å². The fraction of sp³-hybridized carbons (Fsp3) is 0.0645. The van der Waals surface area contributed by atoms with E-state index in [9.17, 15) is 4.79 Å². The maximum absolute atomic E-state index is 13.7. The maximum atomic E-state index is 13.7. The van der Waals surface area contributed by atoms with Crippen molar-refractivity contribution in [2.45, 2.75) is 6.92 Å². The fourth-order valence-electron chi connectivity index (χ4n) is 4.13. The molecule has 0 aliphatic carbocycles. The maximum Gasteiger partial charge on any atom is 0.262 e. The van der Waals surface area contributed by atoms with Crippen LogP contribution >= 0.6 is 15.9 Å². The van der Waals surface area contributed by atoms with Crippen molar-refractivity contribution in [2.75, 3.05) is 16.8 Å². The Morgan fingerprint density at radius 3 is 2.19 bits per heavy atom. The van der Waals surface area contributed by atoms with Gasteiger partial charge in [0.1, 0.15) is 5.75 Å². The fourth-order valence-corrected chi connectivity index (χ4v) is 4.65. The molecule has 178 valence electrons. The number of hydrogen-bond donors (Lipinski definition) is 1. The van der Waals surface area contributed by atoms with Gasteiger partial charge in [0, 0.05) is 22.6 Å². The number of ether oxygens (including phenoxy) is 1. The van der Waals surface area contributed by atoms with E-state index in [0.717, 1.165) is 44.1 Å². The summed E-state index contributed by atoms with van der Waals surface area (Å²) in [4.78, 5) is 15.5. The molecule has 0 bridgehead atoms. The molecule has 0 radical (unpaired) electrons. The van der Waals surface area contributed by atoms with E-state index in [0.29, 0.717) is 12.2 Å². The average molecular weight is 537 g/mol. The zero-order valence-electron chi connectivity index (χ0n) is 19.8. The van der Waals surface area contributed by atoms with Gasteiger partial charge in [-0.25, -0.2) is 0 Å². The van der Waals surface area contributed by atoms with E-state index in [1.54, 1.807) is 4.90 Å². The first kappa shape index (κ1) is 23.6. The monoisotopic (exact) mass is 536 g/mol.